The van der Waals surface area contributed by atoms with Crippen molar-refractivity contribution in [1.29, 1.82) is 0 Å². The van der Waals surface area contributed by atoms with E-state index in [-0.39, 0.29) is 28.5 Å². The fourth-order valence-corrected chi connectivity index (χ4v) is 3.86. The number of carbonyl (C=O) groups is 3. The van der Waals surface area contributed by atoms with E-state index < -0.39 is 11.9 Å². The van der Waals surface area contributed by atoms with Gasteiger partial charge >= 0.3 is 11.9 Å². The maximum Gasteiger partial charge on any atom is 0.347 e. The Morgan fingerprint density at radius 1 is 0.714 bits per heavy atom. The molecule has 0 spiro atoms. The molecule has 0 aliphatic heterocycles. The van der Waals surface area contributed by atoms with Crippen LogP contribution in [-0.4, -0.2) is 59.2 Å². The summed E-state index contributed by atoms with van der Waals surface area (Å²) >= 11 is 0. The van der Waals surface area contributed by atoms with Crippen LogP contribution in [0.3, 0.4) is 0 Å². The molecule has 218 valence electrons. The summed E-state index contributed by atoms with van der Waals surface area (Å²) in [5.41, 5.74) is 1.18. The number of rotatable bonds is 11. The maximum absolute atomic E-state index is 12.4. The van der Waals surface area contributed by atoms with Crippen molar-refractivity contribution in [1.82, 2.24) is 4.90 Å². The van der Waals surface area contributed by atoms with Crippen LogP contribution in [0.4, 0.5) is 5.69 Å². The summed E-state index contributed by atoms with van der Waals surface area (Å²) in [6, 6.07) is 28.4. The van der Waals surface area contributed by atoms with Crippen molar-refractivity contribution in [3.05, 3.63) is 120 Å². The van der Waals surface area contributed by atoms with Gasteiger partial charge in [0.25, 0.3) is 5.91 Å². The second kappa shape index (κ2) is 16.2. The number of carboxylic acid groups (broad SMARTS) is 1. The van der Waals surface area contributed by atoms with Gasteiger partial charge in [0.1, 0.15) is 35.0 Å². The molecule has 4 aromatic carbocycles. The predicted octanol–water partition coefficient (Wildman–Crippen LogP) is 5.97. The summed E-state index contributed by atoms with van der Waals surface area (Å²) < 4.78 is 10.8. The van der Waals surface area contributed by atoms with Crippen LogP contribution < -0.4 is 14.8 Å². The van der Waals surface area contributed by atoms with Crippen LogP contribution in [0.1, 0.15) is 44.9 Å². The Morgan fingerprint density at radius 3 is 1.88 bits per heavy atom. The van der Waals surface area contributed by atoms with Crippen molar-refractivity contribution in [3.8, 4) is 17.2 Å². The number of esters is 1. The van der Waals surface area contributed by atoms with Gasteiger partial charge in [0.15, 0.2) is 0 Å². The molecular weight excluding hydrogens is 536 g/mol. The molecule has 9 heteroatoms. The highest BCUT2D eigenvalue weighted by Gasteiger charge is 2.17. The molecule has 0 aliphatic rings. The molecule has 0 aliphatic carbocycles. The van der Waals surface area contributed by atoms with Crippen LogP contribution in [-0.2, 0) is 0 Å². The number of carbonyl (C=O) groups excluding carboxylic acids is 2. The fourth-order valence-electron chi connectivity index (χ4n) is 3.86. The summed E-state index contributed by atoms with van der Waals surface area (Å²) in [5, 5.41) is 21.4. The van der Waals surface area contributed by atoms with Gasteiger partial charge in [-0.25, -0.2) is 9.59 Å². The maximum atomic E-state index is 12.4. The third-order valence-corrected chi connectivity index (χ3v) is 6.17. The van der Waals surface area contributed by atoms with Gasteiger partial charge in [-0.3, -0.25) is 4.79 Å². The topological polar surface area (TPSA) is 125 Å². The van der Waals surface area contributed by atoms with Crippen molar-refractivity contribution in [2.75, 3.05) is 31.6 Å². The van der Waals surface area contributed by atoms with Gasteiger partial charge in [0.05, 0.1) is 5.56 Å². The largest absolute Gasteiger partial charge is 0.507 e. The smallest absolute Gasteiger partial charge is 0.347 e. The average Bonchev–Trinajstić information content (AvgIpc) is 3.00. The standard InChI is InChI=1S/C19H24N2O2.C14H10O5/c1-3-21(4-2)14-15-23-18-13-9-8-12-17(18)19(22)20-16-10-6-5-7-11-16;15-11-7-3-1-5-9(11)14(18)19-12-8-4-2-6-10(12)13(16)17/h5-13H,3-4,14-15H2,1-2H3,(H,20,22);1-8,15H,(H,16,17). The molecule has 0 bridgehead atoms. The van der Waals surface area contributed by atoms with Crippen molar-refractivity contribution >= 4 is 23.5 Å². The first-order valence-electron chi connectivity index (χ1n) is 13.5. The Bertz CT molecular complexity index is 1470. The van der Waals surface area contributed by atoms with Gasteiger partial charge in [-0.15, -0.1) is 0 Å². The lowest BCUT2D eigenvalue weighted by Gasteiger charge is -2.18. The van der Waals surface area contributed by atoms with Gasteiger partial charge in [-0.05, 0) is 61.6 Å². The molecule has 9 nitrogen and oxygen atoms in total. The number of hydrogen-bond donors (Lipinski definition) is 3. The number of ether oxygens (including phenoxy) is 2. The highest BCUT2D eigenvalue weighted by molar-refractivity contribution is 6.06. The van der Waals surface area contributed by atoms with Gasteiger partial charge < -0.3 is 29.9 Å². The highest BCUT2D eigenvalue weighted by Crippen LogP contribution is 2.23. The van der Waals surface area contributed by atoms with Crippen LogP contribution in [0, 0.1) is 0 Å². The summed E-state index contributed by atoms with van der Waals surface area (Å²) in [4.78, 5) is 37.5. The molecular formula is C33H34N2O7. The first kappa shape index (κ1) is 31.4. The Balaban J connectivity index is 0.000000235. The molecule has 0 unspecified atom stereocenters. The predicted molar refractivity (Wildman–Crippen MR) is 161 cm³/mol. The minimum atomic E-state index is -1.19. The first-order valence-corrected chi connectivity index (χ1v) is 13.5. The van der Waals surface area contributed by atoms with Crippen LogP contribution in [0.5, 0.6) is 17.2 Å². The number of anilines is 1. The zero-order chi connectivity index (χ0) is 30.3. The molecule has 0 saturated carbocycles. The molecule has 0 atom stereocenters. The van der Waals surface area contributed by atoms with E-state index in [0.717, 1.165) is 25.3 Å². The number of aromatic carboxylic acids is 1. The molecule has 4 aromatic rings. The molecule has 0 saturated heterocycles. The summed E-state index contributed by atoms with van der Waals surface area (Å²) in [7, 11) is 0. The van der Waals surface area contributed by atoms with E-state index in [0.29, 0.717) is 17.9 Å². The molecule has 0 fully saturated rings. The second-order valence-corrected chi connectivity index (χ2v) is 8.90. The number of phenols is 1. The van der Waals surface area contributed by atoms with E-state index in [4.69, 9.17) is 14.6 Å². The number of aromatic hydroxyl groups is 1. The third kappa shape index (κ3) is 9.21. The molecule has 0 heterocycles. The third-order valence-electron chi connectivity index (χ3n) is 6.17. The number of benzene rings is 4. The monoisotopic (exact) mass is 570 g/mol. The molecule has 42 heavy (non-hydrogen) atoms. The Labute approximate surface area is 245 Å². The van der Waals surface area contributed by atoms with Crippen LogP contribution in [0.2, 0.25) is 0 Å². The Hall–Kier alpha value is -5.15. The number of carboxylic acids is 1. The Kier molecular flexibility index (Phi) is 12.1. The SMILES string of the molecule is CCN(CC)CCOc1ccccc1C(=O)Nc1ccccc1.O=C(Oc1ccccc1C(=O)O)c1ccccc1O. The highest BCUT2D eigenvalue weighted by atomic mass is 16.5. The molecule has 3 N–H and O–H groups in total. The number of phenolic OH excluding ortho intramolecular Hbond substituents is 1. The summed E-state index contributed by atoms with van der Waals surface area (Å²) in [5.74, 6) is -1.83. The van der Waals surface area contributed by atoms with Crippen molar-refractivity contribution in [2.45, 2.75) is 13.8 Å². The van der Waals surface area contributed by atoms with Crippen molar-refractivity contribution < 1.29 is 34.1 Å². The number of hydrogen-bond acceptors (Lipinski definition) is 7. The minimum Gasteiger partial charge on any atom is -0.507 e. The van der Waals surface area contributed by atoms with Gasteiger partial charge in [-0.2, -0.15) is 0 Å². The summed E-state index contributed by atoms with van der Waals surface area (Å²) in [6.07, 6.45) is 0. The average molecular weight is 571 g/mol. The van der Waals surface area contributed by atoms with Crippen LogP contribution >= 0.6 is 0 Å². The van der Waals surface area contributed by atoms with E-state index in [2.05, 4.69) is 24.1 Å². The van der Waals surface area contributed by atoms with Gasteiger partial charge in [0, 0.05) is 12.2 Å². The van der Waals surface area contributed by atoms with Crippen LogP contribution in [0.25, 0.3) is 0 Å². The number of nitrogens with zero attached hydrogens (tertiary/aromatic N) is 1. The zero-order valence-corrected chi connectivity index (χ0v) is 23.5. The Morgan fingerprint density at radius 2 is 1.26 bits per heavy atom. The van der Waals surface area contributed by atoms with E-state index in [9.17, 15) is 19.5 Å². The van der Waals surface area contributed by atoms with Gasteiger partial charge in [0.2, 0.25) is 0 Å². The van der Waals surface area contributed by atoms with Crippen molar-refractivity contribution in [3.63, 3.8) is 0 Å². The first-order chi connectivity index (χ1) is 20.3. The fraction of sp³-hybridized carbons (Fsp3) is 0.182. The lowest BCUT2D eigenvalue weighted by atomic mass is 10.2. The minimum absolute atomic E-state index is 0.0253. The van der Waals surface area contributed by atoms with Gasteiger partial charge in [-0.1, -0.05) is 68.4 Å². The number of amides is 1. The van der Waals surface area contributed by atoms with Crippen LogP contribution in [0.15, 0.2) is 103 Å². The molecule has 0 radical (unpaired) electrons. The number of nitrogens with one attached hydrogen (secondary N) is 1. The second-order valence-electron chi connectivity index (χ2n) is 8.90. The molecule has 1 amide bonds. The van der Waals surface area contributed by atoms with E-state index in [1.165, 1.54) is 30.3 Å². The zero-order valence-electron chi connectivity index (χ0n) is 23.5. The normalized spacial score (nSPS) is 10.3. The molecule has 0 aromatic heterocycles. The van der Waals surface area contributed by atoms with E-state index in [1.54, 1.807) is 24.3 Å². The number of para-hydroxylation sites is 4. The lowest BCUT2D eigenvalue weighted by molar-refractivity contribution is 0.0680. The number of likely N-dealkylation sites (N-methyl/N-ethyl adjacent to an activating group) is 1. The summed E-state index contributed by atoms with van der Waals surface area (Å²) in [6.45, 7) is 7.67. The quantitative estimate of drug-likeness (QED) is 0.149. The van der Waals surface area contributed by atoms with E-state index >= 15 is 0 Å². The molecule has 4 rings (SSSR count). The van der Waals surface area contributed by atoms with E-state index in [1.807, 2.05) is 48.5 Å². The lowest BCUT2D eigenvalue weighted by Crippen LogP contribution is -2.28. The van der Waals surface area contributed by atoms with Crippen molar-refractivity contribution in [2.24, 2.45) is 0 Å².